The highest BCUT2D eigenvalue weighted by atomic mass is 79.9. The van der Waals surface area contributed by atoms with Gasteiger partial charge in [-0.05, 0) is 29.7 Å². The number of nitrogens with zero attached hydrogens (tertiary/aromatic N) is 1. The van der Waals surface area contributed by atoms with E-state index in [4.69, 9.17) is 4.74 Å². The van der Waals surface area contributed by atoms with Crippen LogP contribution < -0.4 is 0 Å². The number of hydrogen-bond donors (Lipinski definition) is 1. The van der Waals surface area contributed by atoms with Gasteiger partial charge < -0.3 is 9.84 Å². The fraction of sp³-hybridized carbons (Fsp3) is 0.300. The van der Waals surface area contributed by atoms with Crippen molar-refractivity contribution in [3.05, 3.63) is 70.2 Å². The molecule has 136 valence electrons. The summed E-state index contributed by atoms with van der Waals surface area (Å²) < 4.78 is 5.92. The van der Waals surface area contributed by atoms with Gasteiger partial charge in [0.25, 0.3) is 0 Å². The number of carbonyl (C=O) groups is 2. The van der Waals surface area contributed by atoms with E-state index in [2.05, 4.69) is 15.9 Å². The van der Waals surface area contributed by atoms with E-state index in [0.717, 1.165) is 14.9 Å². The number of rotatable bonds is 5. The molecule has 0 aliphatic carbocycles. The topological polar surface area (TPSA) is 66.8 Å². The number of ether oxygens (including phenoxy) is 1. The maximum Gasteiger partial charge on any atom is 0.416 e. The highest BCUT2D eigenvalue weighted by molar-refractivity contribution is 9.10. The molecular weight excluding hydrogens is 398 g/mol. The van der Waals surface area contributed by atoms with Gasteiger partial charge in [0.05, 0.1) is 18.1 Å². The van der Waals surface area contributed by atoms with Crippen molar-refractivity contribution in [3.63, 3.8) is 0 Å². The Bertz CT molecular complexity index is 795. The van der Waals surface area contributed by atoms with Crippen LogP contribution in [-0.2, 0) is 16.0 Å². The smallest absolute Gasteiger partial charge is 0.416 e. The second-order valence-corrected chi connectivity index (χ2v) is 7.33. The van der Waals surface area contributed by atoms with Gasteiger partial charge in [-0.15, -0.1) is 0 Å². The van der Waals surface area contributed by atoms with Crippen LogP contribution in [0.4, 0.5) is 4.79 Å². The minimum Gasteiger partial charge on any atom is -0.447 e. The lowest BCUT2D eigenvalue weighted by molar-refractivity contribution is -0.136. The molecule has 0 radical (unpaired) electrons. The molecule has 0 unspecified atom stereocenters. The van der Waals surface area contributed by atoms with Crippen molar-refractivity contribution in [1.82, 2.24) is 4.90 Å². The Labute approximate surface area is 160 Å². The number of benzene rings is 2. The highest BCUT2D eigenvalue weighted by Gasteiger charge is 2.41. The van der Waals surface area contributed by atoms with Gasteiger partial charge in [-0.25, -0.2) is 9.69 Å². The number of amides is 2. The predicted molar refractivity (Wildman–Crippen MR) is 100 cm³/mol. The number of aliphatic hydroxyl groups excluding tert-OH is 1. The predicted octanol–water partition coefficient (Wildman–Crippen LogP) is 3.71. The van der Waals surface area contributed by atoms with E-state index < -0.39 is 24.0 Å². The van der Waals surface area contributed by atoms with Gasteiger partial charge in [0.1, 0.15) is 6.61 Å². The molecule has 26 heavy (non-hydrogen) atoms. The molecule has 1 fully saturated rings. The average Bonchev–Trinajstić information content (AvgIpc) is 3.01. The molecule has 0 aromatic heterocycles. The zero-order valence-corrected chi connectivity index (χ0v) is 15.9. The van der Waals surface area contributed by atoms with Crippen LogP contribution >= 0.6 is 15.9 Å². The molecule has 0 spiro atoms. The zero-order valence-electron chi connectivity index (χ0n) is 14.3. The van der Waals surface area contributed by atoms with E-state index in [0.29, 0.717) is 12.0 Å². The van der Waals surface area contributed by atoms with Crippen LogP contribution in [-0.4, -0.2) is 34.7 Å². The third-order valence-corrected chi connectivity index (χ3v) is 5.06. The van der Waals surface area contributed by atoms with Crippen LogP contribution in [0.3, 0.4) is 0 Å². The van der Waals surface area contributed by atoms with Crippen LogP contribution in [0.25, 0.3) is 0 Å². The lowest BCUT2D eigenvalue weighted by Crippen LogP contribution is -2.44. The van der Waals surface area contributed by atoms with Gasteiger partial charge in [-0.1, -0.05) is 65.3 Å². The largest absolute Gasteiger partial charge is 0.447 e. The van der Waals surface area contributed by atoms with Gasteiger partial charge in [0.2, 0.25) is 5.91 Å². The quantitative estimate of drug-likeness (QED) is 0.804. The maximum absolute atomic E-state index is 12.9. The lowest BCUT2D eigenvalue weighted by atomic mass is 9.95. The zero-order chi connectivity index (χ0) is 18.7. The van der Waals surface area contributed by atoms with E-state index in [1.165, 1.54) is 0 Å². The molecule has 1 N–H and O–H groups in total. The molecule has 3 rings (SSSR count). The summed E-state index contributed by atoms with van der Waals surface area (Å²) in [5.41, 5.74) is 1.64. The van der Waals surface area contributed by atoms with Gasteiger partial charge in [0.15, 0.2) is 0 Å². The van der Waals surface area contributed by atoms with Gasteiger partial charge in [-0.2, -0.15) is 0 Å². The number of imide groups is 1. The van der Waals surface area contributed by atoms with Crippen molar-refractivity contribution in [2.75, 3.05) is 6.61 Å². The number of cyclic esters (lactones) is 1. The first-order valence-corrected chi connectivity index (χ1v) is 9.24. The van der Waals surface area contributed by atoms with Crippen LogP contribution in [0, 0.1) is 5.92 Å². The molecule has 5 nitrogen and oxygen atoms in total. The van der Waals surface area contributed by atoms with Crippen molar-refractivity contribution in [2.24, 2.45) is 5.92 Å². The van der Waals surface area contributed by atoms with Crippen LogP contribution in [0.1, 0.15) is 24.2 Å². The number of halogens is 1. The van der Waals surface area contributed by atoms with Crippen LogP contribution in [0.2, 0.25) is 0 Å². The molecule has 1 saturated heterocycles. The fourth-order valence-electron chi connectivity index (χ4n) is 3.10. The Morgan fingerprint density at radius 1 is 1.27 bits per heavy atom. The van der Waals surface area contributed by atoms with E-state index in [1.54, 1.807) is 25.1 Å². The molecule has 0 bridgehead atoms. The first kappa shape index (κ1) is 18.6. The SMILES string of the molecule is C[C@@H](C(=O)N1C(=O)OC[C@@H]1Cc1ccccc1)[C@@H](O)c1cccc(Br)c1. The average molecular weight is 418 g/mol. The number of aliphatic hydroxyl groups is 1. The monoisotopic (exact) mass is 417 g/mol. The fourth-order valence-corrected chi connectivity index (χ4v) is 3.52. The number of hydrogen-bond acceptors (Lipinski definition) is 4. The third-order valence-electron chi connectivity index (χ3n) is 4.57. The maximum atomic E-state index is 12.9. The van der Waals surface area contributed by atoms with Crippen LogP contribution in [0.15, 0.2) is 59.1 Å². The summed E-state index contributed by atoms with van der Waals surface area (Å²) in [7, 11) is 0. The Balaban J connectivity index is 1.76. The molecular formula is C20H20BrNO4. The van der Waals surface area contributed by atoms with Crippen molar-refractivity contribution in [3.8, 4) is 0 Å². The van der Waals surface area contributed by atoms with Crippen molar-refractivity contribution < 1.29 is 19.4 Å². The summed E-state index contributed by atoms with van der Waals surface area (Å²) in [4.78, 5) is 26.2. The Morgan fingerprint density at radius 3 is 2.69 bits per heavy atom. The van der Waals surface area contributed by atoms with Gasteiger partial charge >= 0.3 is 6.09 Å². The summed E-state index contributed by atoms with van der Waals surface area (Å²) >= 11 is 3.36. The third kappa shape index (κ3) is 3.97. The van der Waals surface area contributed by atoms with E-state index in [-0.39, 0.29) is 12.6 Å². The minimum absolute atomic E-state index is 0.166. The molecule has 2 amide bonds. The standard InChI is InChI=1S/C20H20BrNO4/c1-13(18(23)15-8-5-9-16(21)11-15)19(24)22-17(12-26-20(22)25)10-14-6-3-2-4-7-14/h2-9,11,13,17-18,23H,10,12H2,1H3/t13-,17+,18-/m1/s1. The van der Waals surface area contributed by atoms with Crippen molar-refractivity contribution in [1.29, 1.82) is 0 Å². The molecule has 1 aliphatic heterocycles. The van der Waals surface area contributed by atoms with Crippen LogP contribution in [0.5, 0.6) is 0 Å². The van der Waals surface area contributed by atoms with E-state index in [1.807, 2.05) is 36.4 Å². The lowest BCUT2D eigenvalue weighted by Gasteiger charge is -2.26. The highest BCUT2D eigenvalue weighted by Crippen LogP contribution is 2.28. The molecule has 0 saturated carbocycles. The molecule has 3 atom stereocenters. The molecule has 1 heterocycles. The first-order valence-electron chi connectivity index (χ1n) is 8.44. The summed E-state index contributed by atoms with van der Waals surface area (Å²) in [5, 5.41) is 10.6. The molecule has 1 aliphatic rings. The Hall–Kier alpha value is -2.18. The number of carbonyl (C=O) groups excluding carboxylic acids is 2. The molecule has 2 aromatic rings. The molecule has 2 aromatic carbocycles. The molecule has 6 heteroatoms. The Morgan fingerprint density at radius 2 is 2.00 bits per heavy atom. The second-order valence-electron chi connectivity index (χ2n) is 6.42. The van der Waals surface area contributed by atoms with Gasteiger partial charge in [-0.3, -0.25) is 4.79 Å². The second kappa shape index (κ2) is 8.01. The summed E-state index contributed by atoms with van der Waals surface area (Å²) in [6.45, 7) is 1.79. The summed E-state index contributed by atoms with van der Waals surface area (Å²) in [5.74, 6) is -1.20. The first-order chi connectivity index (χ1) is 12.5. The normalized spacial score (nSPS) is 19.1. The Kier molecular flexibility index (Phi) is 5.74. The minimum atomic E-state index is -1.01. The van der Waals surface area contributed by atoms with Gasteiger partial charge in [0, 0.05) is 4.47 Å². The van der Waals surface area contributed by atoms with E-state index in [9.17, 15) is 14.7 Å². The summed E-state index contributed by atoms with van der Waals surface area (Å²) in [6.07, 6.45) is -1.13. The van der Waals surface area contributed by atoms with E-state index >= 15 is 0 Å². The van der Waals surface area contributed by atoms with Crippen molar-refractivity contribution >= 4 is 27.9 Å². The van der Waals surface area contributed by atoms with Crippen molar-refractivity contribution in [2.45, 2.75) is 25.5 Å². The summed E-state index contributed by atoms with van der Waals surface area (Å²) in [6, 6.07) is 16.4.